The van der Waals surface area contributed by atoms with Gasteiger partial charge in [-0.15, -0.1) is 24.8 Å². The summed E-state index contributed by atoms with van der Waals surface area (Å²) in [4.78, 5) is 35.5. The molecular weight excluding hydrogens is 551 g/mol. The van der Waals surface area contributed by atoms with E-state index in [9.17, 15) is 18.4 Å². The highest BCUT2D eigenvalue weighted by Gasteiger charge is 2.27. The molecule has 3 aromatic carbocycles. The van der Waals surface area contributed by atoms with Gasteiger partial charge in [0, 0.05) is 30.6 Å². The highest BCUT2D eigenvalue weighted by atomic mass is 35.5. The van der Waals surface area contributed by atoms with E-state index in [1.165, 1.54) is 0 Å². The first-order valence-corrected chi connectivity index (χ1v) is 11.6. The number of hydrogen-bond donors (Lipinski definition) is 2. The third-order valence-corrected chi connectivity index (χ3v) is 6.24. The van der Waals surface area contributed by atoms with Gasteiger partial charge in [-0.2, -0.15) is 0 Å². The molecule has 1 aromatic heterocycles. The van der Waals surface area contributed by atoms with Crippen LogP contribution in [-0.2, 0) is 29.2 Å². The molecule has 8 nitrogen and oxygen atoms in total. The van der Waals surface area contributed by atoms with E-state index in [2.05, 4.69) is 9.97 Å². The number of carbonyl (C=O) groups is 2. The molecule has 0 spiro atoms. The van der Waals surface area contributed by atoms with Gasteiger partial charge in [-0.1, -0.05) is 30.3 Å². The van der Waals surface area contributed by atoms with E-state index in [0.29, 0.717) is 35.1 Å². The SMILES string of the molecule is Cl.Cl.NCCC(=O)OCc1cc(F)c(F)cc1-c1ccc2nc(N)nc(C(=O)N3Cc4ccccc4C3)c2c1. The molecule has 0 radical (unpaired) electrons. The maximum absolute atomic E-state index is 14.3. The molecule has 0 bridgehead atoms. The molecule has 204 valence electrons. The average molecular weight is 576 g/mol. The van der Waals surface area contributed by atoms with Gasteiger partial charge in [-0.3, -0.25) is 9.59 Å². The Kier molecular flexibility index (Phi) is 9.39. The molecule has 12 heteroatoms. The summed E-state index contributed by atoms with van der Waals surface area (Å²) in [5, 5.41) is 0.406. The Morgan fingerprint density at radius 1 is 0.949 bits per heavy atom. The van der Waals surface area contributed by atoms with Crippen molar-refractivity contribution in [3.05, 3.63) is 88.6 Å². The normalized spacial score (nSPS) is 11.9. The molecule has 1 amide bonds. The Balaban J connectivity index is 0.00000210. The lowest BCUT2D eigenvalue weighted by atomic mass is 9.97. The summed E-state index contributed by atoms with van der Waals surface area (Å²) in [6.45, 7) is 0.693. The standard InChI is InChI=1S/C27H23F2N5O3.2ClH/c28-21-10-18(14-37-24(35)7-8-30)19(11-22(21)29)15-5-6-23-20(9-15)25(33-27(31)32-23)26(36)34-12-16-3-1-2-4-17(16)13-34;;/h1-6,9-11H,7-8,12-14,30H2,(H2,31,32,33);2*1H. The van der Waals surface area contributed by atoms with Gasteiger partial charge in [0.1, 0.15) is 12.3 Å². The average Bonchev–Trinajstić information content (AvgIpc) is 3.32. The molecule has 39 heavy (non-hydrogen) atoms. The summed E-state index contributed by atoms with van der Waals surface area (Å²) in [5.74, 6) is -3.07. The summed E-state index contributed by atoms with van der Waals surface area (Å²) in [6, 6.07) is 14.7. The van der Waals surface area contributed by atoms with Gasteiger partial charge in [0.25, 0.3) is 5.91 Å². The van der Waals surface area contributed by atoms with E-state index < -0.39 is 17.6 Å². The first-order valence-electron chi connectivity index (χ1n) is 11.6. The van der Waals surface area contributed by atoms with Crippen LogP contribution >= 0.6 is 24.8 Å². The Labute approximate surface area is 235 Å². The van der Waals surface area contributed by atoms with E-state index in [1.807, 2.05) is 24.3 Å². The van der Waals surface area contributed by atoms with Crippen molar-refractivity contribution in [3.8, 4) is 11.1 Å². The van der Waals surface area contributed by atoms with Crippen LogP contribution in [0.1, 0.15) is 33.6 Å². The van der Waals surface area contributed by atoms with Gasteiger partial charge >= 0.3 is 5.97 Å². The van der Waals surface area contributed by atoms with Crippen molar-refractivity contribution in [2.75, 3.05) is 12.3 Å². The molecule has 2 heterocycles. The Morgan fingerprint density at radius 3 is 2.28 bits per heavy atom. The smallest absolute Gasteiger partial charge is 0.307 e. The summed E-state index contributed by atoms with van der Waals surface area (Å²) in [5.41, 5.74) is 14.9. The quantitative estimate of drug-likeness (QED) is 0.323. The molecule has 5 rings (SSSR count). The van der Waals surface area contributed by atoms with E-state index >= 15 is 0 Å². The van der Waals surface area contributed by atoms with Crippen LogP contribution in [0, 0.1) is 11.6 Å². The van der Waals surface area contributed by atoms with Crippen molar-refractivity contribution < 1.29 is 23.1 Å². The number of rotatable bonds is 6. The number of nitrogen functional groups attached to an aromatic ring is 1. The fourth-order valence-corrected chi connectivity index (χ4v) is 4.43. The summed E-state index contributed by atoms with van der Waals surface area (Å²) in [6.07, 6.45) is -0.000411. The Morgan fingerprint density at radius 2 is 1.62 bits per heavy atom. The van der Waals surface area contributed by atoms with Gasteiger partial charge in [-0.05, 0) is 46.5 Å². The van der Waals surface area contributed by atoms with Crippen LogP contribution in [0.2, 0.25) is 0 Å². The predicted octanol–water partition coefficient (Wildman–Crippen LogP) is 4.55. The highest BCUT2D eigenvalue weighted by molar-refractivity contribution is 6.06. The Hall–Kier alpha value is -3.86. The zero-order valence-electron chi connectivity index (χ0n) is 20.5. The number of amides is 1. The number of hydrogen-bond acceptors (Lipinski definition) is 7. The number of halogens is 4. The molecule has 0 saturated carbocycles. The van der Waals surface area contributed by atoms with Crippen molar-refractivity contribution in [2.45, 2.75) is 26.1 Å². The number of esters is 1. The highest BCUT2D eigenvalue weighted by Crippen LogP contribution is 2.32. The zero-order chi connectivity index (χ0) is 26.1. The minimum Gasteiger partial charge on any atom is -0.461 e. The number of carbonyl (C=O) groups excluding carboxylic acids is 2. The van der Waals surface area contributed by atoms with Crippen LogP contribution in [0.4, 0.5) is 14.7 Å². The van der Waals surface area contributed by atoms with Gasteiger partial charge < -0.3 is 21.1 Å². The third-order valence-electron chi connectivity index (χ3n) is 6.24. The fraction of sp³-hybridized carbons (Fsp3) is 0.185. The number of ether oxygens (including phenoxy) is 1. The molecule has 0 aliphatic carbocycles. The van der Waals surface area contributed by atoms with Gasteiger partial charge in [0.15, 0.2) is 11.6 Å². The Bertz CT molecular complexity index is 1530. The predicted molar refractivity (Wildman–Crippen MR) is 147 cm³/mol. The van der Waals surface area contributed by atoms with E-state index in [4.69, 9.17) is 16.2 Å². The topological polar surface area (TPSA) is 124 Å². The fourth-order valence-electron chi connectivity index (χ4n) is 4.43. The molecule has 1 aliphatic heterocycles. The van der Waals surface area contributed by atoms with Crippen molar-refractivity contribution in [1.29, 1.82) is 0 Å². The van der Waals surface area contributed by atoms with Crippen LogP contribution in [0.25, 0.3) is 22.0 Å². The van der Waals surface area contributed by atoms with Crippen molar-refractivity contribution in [2.24, 2.45) is 5.73 Å². The van der Waals surface area contributed by atoms with E-state index in [0.717, 1.165) is 23.3 Å². The minimum absolute atomic E-state index is 0. The number of aromatic nitrogens is 2. The molecule has 4 N–H and O–H groups in total. The van der Waals surface area contributed by atoms with Crippen LogP contribution in [-0.4, -0.2) is 33.3 Å². The maximum atomic E-state index is 14.3. The second-order valence-corrected chi connectivity index (χ2v) is 8.72. The summed E-state index contributed by atoms with van der Waals surface area (Å²) >= 11 is 0. The molecule has 4 aromatic rings. The van der Waals surface area contributed by atoms with E-state index in [-0.39, 0.29) is 67.5 Å². The molecule has 0 atom stereocenters. The summed E-state index contributed by atoms with van der Waals surface area (Å²) < 4.78 is 33.5. The minimum atomic E-state index is -1.07. The largest absolute Gasteiger partial charge is 0.461 e. The molecular formula is C27H25Cl2F2N5O3. The second kappa shape index (κ2) is 12.3. The molecule has 0 unspecified atom stereocenters. The molecule has 1 aliphatic rings. The van der Waals surface area contributed by atoms with Crippen LogP contribution in [0.3, 0.4) is 0 Å². The monoisotopic (exact) mass is 575 g/mol. The van der Waals surface area contributed by atoms with Crippen LogP contribution in [0.15, 0.2) is 54.6 Å². The van der Waals surface area contributed by atoms with Crippen LogP contribution in [0.5, 0.6) is 0 Å². The number of fused-ring (bicyclic) bond motifs is 2. The number of benzene rings is 3. The lowest BCUT2D eigenvalue weighted by molar-refractivity contribution is -0.144. The van der Waals surface area contributed by atoms with Crippen molar-refractivity contribution in [3.63, 3.8) is 0 Å². The van der Waals surface area contributed by atoms with E-state index in [1.54, 1.807) is 23.1 Å². The van der Waals surface area contributed by atoms with Crippen LogP contribution < -0.4 is 11.5 Å². The first-order chi connectivity index (χ1) is 17.8. The van der Waals surface area contributed by atoms with Crippen molar-refractivity contribution in [1.82, 2.24) is 14.9 Å². The lowest BCUT2D eigenvalue weighted by Gasteiger charge is -2.17. The number of anilines is 1. The second-order valence-electron chi connectivity index (χ2n) is 8.72. The summed E-state index contributed by atoms with van der Waals surface area (Å²) in [7, 11) is 0. The lowest BCUT2D eigenvalue weighted by Crippen LogP contribution is -2.27. The third kappa shape index (κ3) is 6.08. The van der Waals surface area contributed by atoms with Gasteiger partial charge in [0.05, 0.1) is 11.9 Å². The van der Waals surface area contributed by atoms with Crippen molar-refractivity contribution >= 4 is 53.5 Å². The number of nitrogens with two attached hydrogens (primary N) is 2. The van der Waals surface area contributed by atoms with Gasteiger partial charge in [0.2, 0.25) is 5.95 Å². The molecule has 0 saturated heterocycles. The zero-order valence-corrected chi connectivity index (χ0v) is 22.2. The number of nitrogens with zero attached hydrogens (tertiary/aromatic N) is 3. The van der Waals surface area contributed by atoms with Gasteiger partial charge in [-0.25, -0.2) is 18.7 Å². The maximum Gasteiger partial charge on any atom is 0.307 e. The molecule has 0 fully saturated rings. The first kappa shape index (κ1) is 29.7.